The molecule has 1 aliphatic heterocycles. The summed E-state index contributed by atoms with van der Waals surface area (Å²) < 4.78 is 1.06. The standard InChI is InChI=1S/C18H14Cl2IN3O2/c1-9-15(17(25)23-12-5-3-11(21)4-6-12)16(24-18(26)22-9)13-7-2-10(19)8-14(13)20/h2-8,16H,1H3,(H,23,25)(H2,22,24,26). The molecular weight excluding hydrogens is 488 g/mol. The molecular formula is C18H14Cl2IN3O2. The average molecular weight is 502 g/mol. The van der Waals surface area contributed by atoms with Crippen molar-refractivity contribution in [1.82, 2.24) is 10.6 Å². The van der Waals surface area contributed by atoms with E-state index in [1.807, 2.05) is 24.3 Å². The van der Waals surface area contributed by atoms with Crippen molar-refractivity contribution in [2.75, 3.05) is 5.32 Å². The molecule has 2 aromatic rings. The number of rotatable bonds is 3. The van der Waals surface area contributed by atoms with Crippen molar-refractivity contribution in [2.24, 2.45) is 0 Å². The van der Waals surface area contributed by atoms with Crippen LogP contribution in [-0.4, -0.2) is 11.9 Å². The second kappa shape index (κ2) is 7.85. The summed E-state index contributed by atoms with van der Waals surface area (Å²) >= 11 is 14.4. The Hall–Kier alpha value is -1.77. The van der Waals surface area contributed by atoms with Crippen LogP contribution >= 0.6 is 45.8 Å². The molecule has 0 aliphatic carbocycles. The Kier molecular flexibility index (Phi) is 5.74. The molecule has 3 rings (SSSR count). The minimum absolute atomic E-state index is 0.327. The topological polar surface area (TPSA) is 70.2 Å². The molecule has 1 aliphatic rings. The number of hydrogen-bond acceptors (Lipinski definition) is 2. The Morgan fingerprint density at radius 1 is 1.15 bits per heavy atom. The van der Waals surface area contributed by atoms with Crippen molar-refractivity contribution in [3.8, 4) is 0 Å². The van der Waals surface area contributed by atoms with E-state index in [1.54, 1.807) is 25.1 Å². The molecule has 8 heteroatoms. The highest BCUT2D eigenvalue weighted by molar-refractivity contribution is 14.1. The molecule has 1 unspecified atom stereocenters. The lowest BCUT2D eigenvalue weighted by Crippen LogP contribution is -2.46. The number of allylic oxidation sites excluding steroid dienone is 1. The van der Waals surface area contributed by atoms with E-state index in [1.165, 1.54) is 0 Å². The first-order chi connectivity index (χ1) is 12.3. The molecule has 2 aromatic carbocycles. The summed E-state index contributed by atoms with van der Waals surface area (Å²) in [6, 6.07) is 11.3. The second-order valence-electron chi connectivity index (χ2n) is 5.70. The third kappa shape index (κ3) is 4.13. The molecule has 26 heavy (non-hydrogen) atoms. The van der Waals surface area contributed by atoms with Crippen molar-refractivity contribution in [1.29, 1.82) is 0 Å². The van der Waals surface area contributed by atoms with Gasteiger partial charge in [0.25, 0.3) is 5.91 Å². The molecule has 3 amide bonds. The molecule has 0 fully saturated rings. The lowest BCUT2D eigenvalue weighted by atomic mass is 9.94. The zero-order valence-corrected chi connectivity index (χ0v) is 17.2. The maximum atomic E-state index is 12.9. The molecule has 0 bridgehead atoms. The number of benzene rings is 2. The first kappa shape index (κ1) is 19.0. The molecule has 134 valence electrons. The molecule has 3 N–H and O–H groups in total. The summed E-state index contributed by atoms with van der Waals surface area (Å²) in [4.78, 5) is 24.8. The number of nitrogens with one attached hydrogen (secondary N) is 3. The summed E-state index contributed by atoms with van der Waals surface area (Å²) in [5, 5.41) is 9.09. The summed E-state index contributed by atoms with van der Waals surface area (Å²) in [5.74, 6) is -0.327. The van der Waals surface area contributed by atoms with Crippen molar-refractivity contribution in [2.45, 2.75) is 13.0 Å². The van der Waals surface area contributed by atoms with Crippen molar-refractivity contribution >= 4 is 63.4 Å². The first-order valence-corrected chi connectivity index (χ1v) is 9.49. The molecule has 0 radical (unpaired) electrons. The smallest absolute Gasteiger partial charge is 0.319 e. The highest BCUT2D eigenvalue weighted by Gasteiger charge is 2.32. The maximum absolute atomic E-state index is 12.9. The van der Waals surface area contributed by atoms with Crippen molar-refractivity contribution in [3.05, 3.63) is 72.9 Å². The summed E-state index contributed by atoms with van der Waals surface area (Å²) in [7, 11) is 0. The van der Waals surface area contributed by atoms with E-state index in [-0.39, 0.29) is 5.91 Å². The van der Waals surface area contributed by atoms with Gasteiger partial charge in [-0.1, -0.05) is 29.3 Å². The molecule has 1 heterocycles. The van der Waals surface area contributed by atoms with E-state index in [9.17, 15) is 9.59 Å². The third-order valence-electron chi connectivity index (χ3n) is 3.89. The normalized spacial score (nSPS) is 16.8. The second-order valence-corrected chi connectivity index (χ2v) is 7.79. The molecule has 0 spiro atoms. The average Bonchev–Trinajstić information content (AvgIpc) is 2.56. The van der Waals surface area contributed by atoms with Gasteiger partial charge in [-0.15, -0.1) is 0 Å². The number of carbonyl (C=O) groups is 2. The van der Waals surface area contributed by atoms with Crippen molar-refractivity contribution < 1.29 is 9.59 Å². The minimum atomic E-state index is -0.683. The van der Waals surface area contributed by atoms with Crippen LogP contribution in [0, 0.1) is 3.57 Å². The van der Waals surface area contributed by atoms with Crippen LogP contribution in [0.4, 0.5) is 10.5 Å². The van der Waals surface area contributed by atoms with Gasteiger partial charge in [0.1, 0.15) is 0 Å². The van der Waals surface area contributed by atoms with E-state index in [0.29, 0.717) is 32.6 Å². The van der Waals surface area contributed by atoms with Gasteiger partial charge in [0, 0.05) is 25.0 Å². The third-order valence-corrected chi connectivity index (χ3v) is 5.17. The Bertz CT molecular complexity index is 913. The van der Waals surface area contributed by atoms with Crippen LogP contribution in [0.15, 0.2) is 53.7 Å². The predicted octanol–water partition coefficient (Wildman–Crippen LogP) is 4.86. The van der Waals surface area contributed by atoms with Gasteiger partial charge in [-0.3, -0.25) is 4.79 Å². The quantitative estimate of drug-likeness (QED) is 0.525. The zero-order valence-electron chi connectivity index (χ0n) is 13.6. The van der Waals surface area contributed by atoms with Crippen LogP contribution in [-0.2, 0) is 4.79 Å². The number of urea groups is 1. The number of anilines is 1. The highest BCUT2D eigenvalue weighted by atomic mass is 127. The predicted molar refractivity (Wildman–Crippen MR) is 111 cm³/mol. The zero-order chi connectivity index (χ0) is 18.8. The molecule has 0 saturated heterocycles. The van der Waals surface area contributed by atoms with E-state index in [0.717, 1.165) is 3.57 Å². The van der Waals surface area contributed by atoms with Gasteiger partial charge in [0.15, 0.2) is 0 Å². The van der Waals surface area contributed by atoms with E-state index < -0.39 is 12.1 Å². The fraction of sp³-hybridized carbons (Fsp3) is 0.111. The summed E-state index contributed by atoms with van der Waals surface area (Å²) in [6.07, 6.45) is 0. The number of halogens is 3. The van der Waals surface area contributed by atoms with Crippen molar-refractivity contribution in [3.63, 3.8) is 0 Å². The van der Waals surface area contributed by atoms with Gasteiger partial charge >= 0.3 is 6.03 Å². The van der Waals surface area contributed by atoms with Crippen LogP contribution < -0.4 is 16.0 Å². The van der Waals surface area contributed by atoms with Gasteiger partial charge in [0.05, 0.1) is 11.6 Å². The fourth-order valence-electron chi connectivity index (χ4n) is 2.70. The largest absolute Gasteiger partial charge is 0.327 e. The summed E-state index contributed by atoms with van der Waals surface area (Å²) in [6.45, 7) is 1.68. The Labute approximate surface area is 174 Å². The van der Waals surface area contributed by atoms with E-state index >= 15 is 0 Å². The highest BCUT2D eigenvalue weighted by Crippen LogP contribution is 2.33. The van der Waals surface area contributed by atoms with Gasteiger partial charge in [-0.05, 0) is 71.5 Å². The van der Waals surface area contributed by atoms with Crippen LogP contribution in [0.2, 0.25) is 10.0 Å². The Balaban J connectivity index is 1.97. The van der Waals surface area contributed by atoms with Gasteiger partial charge in [-0.2, -0.15) is 0 Å². The van der Waals surface area contributed by atoms with Crippen LogP contribution in [0.5, 0.6) is 0 Å². The molecule has 0 saturated carbocycles. The molecule has 0 aromatic heterocycles. The van der Waals surface area contributed by atoms with Gasteiger partial charge < -0.3 is 16.0 Å². The van der Waals surface area contributed by atoms with Gasteiger partial charge in [-0.25, -0.2) is 4.79 Å². The minimum Gasteiger partial charge on any atom is -0.327 e. The first-order valence-electron chi connectivity index (χ1n) is 7.65. The molecule has 5 nitrogen and oxygen atoms in total. The van der Waals surface area contributed by atoms with Gasteiger partial charge in [0.2, 0.25) is 0 Å². The monoisotopic (exact) mass is 501 g/mol. The van der Waals surface area contributed by atoms with E-state index in [4.69, 9.17) is 23.2 Å². The number of hydrogen-bond donors (Lipinski definition) is 3. The van der Waals surface area contributed by atoms with Crippen LogP contribution in [0.1, 0.15) is 18.5 Å². The maximum Gasteiger partial charge on any atom is 0.319 e. The fourth-order valence-corrected chi connectivity index (χ4v) is 3.57. The lowest BCUT2D eigenvalue weighted by Gasteiger charge is -2.29. The lowest BCUT2D eigenvalue weighted by molar-refractivity contribution is -0.113. The number of amides is 3. The number of carbonyl (C=O) groups excluding carboxylic acids is 2. The van der Waals surface area contributed by atoms with E-state index in [2.05, 4.69) is 38.5 Å². The SMILES string of the molecule is CC1=C(C(=O)Nc2ccc(I)cc2)C(c2ccc(Cl)cc2Cl)NC(=O)N1. The Morgan fingerprint density at radius 2 is 1.85 bits per heavy atom. The molecule has 1 atom stereocenters. The van der Waals surface area contributed by atoms with Crippen LogP contribution in [0.25, 0.3) is 0 Å². The Morgan fingerprint density at radius 3 is 2.50 bits per heavy atom. The summed E-state index contributed by atoms with van der Waals surface area (Å²) in [5.41, 5.74) is 2.10. The van der Waals surface area contributed by atoms with Crippen LogP contribution in [0.3, 0.4) is 0 Å².